The van der Waals surface area contributed by atoms with Crippen molar-refractivity contribution < 1.29 is 18.0 Å². The molecule has 0 aromatic heterocycles. The Morgan fingerprint density at radius 2 is 1.59 bits per heavy atom. The fourth-order valence-electron chi connectivity index (χ4n) is 4.15. The maximum atomic E-state index is 14.0. The summed E-state index contributed by atoms with van der Waals surface area (Å²) < 4.78 is 29.6. The van der Waals surface area contributed by atoms with Gasteiger partial charge in [-0.25, -0.2) is 8.42 Å². The Morgan fingerprint density at radius 3 is 2.15 bits per heavy atom. The molecule has 208 valence electrons. The second-order valence-corrected chi connectivity index (χ2v) is 13.3. The molecule has 2 amide bonds. The van der Waals surface area contributed by atoms with E-state index in [9.17, 15) is 18.0 Å². The minimum Gasteiger partial charge on any atom is -0.350 e. The second-order valence-electron chi connectivity index (χ2n) is 10.5. The van der Waals surface area contributed by atoms with E-state index in [1.807, 2.05) is 65.0 Å². The Hall–Kier alpha value is -3.17. The van der Waals surface area contributed by atoms with Gasteiger partial charge in [-0.05, 0) is 70.0 Å². The standard InChI is InChI=1S/C30H36BrN3O4S/c1-6-27(29(36)32-30(3,4)5)33(20-23-11-8-7-9-12-23)28(35)21-34(25-14-10-13-24(31)19-25)39(37,38)26-17-15-22(2)16-18-26/h7-19,27H,6,20-21H2,1-5H3,(H,32,36)/t27-/m1/s1. The van der Waals surface area contributed by atoms with E-state index < -0.39 is 34.1 Å². The number of benzene rings is 3. The largest absolute Gasteiger partial charge is 0.350 e. The van der Waals surface area contributed by atoms with Crippen LogP contribution in [-0.4, -0.2) is 43.3 Å². The lowest BCUT2D eigenvalue weighted by molar-refractivity contribution is -0.141. The fraction of sp³-hybridized carbons (Fsp3) is 0.333. The minimum atomic E-state index is -4.11. The van der Waals surface area contributed by atoms with Crippen molar-refractivity contribution in [2.24, 2.45) is 0 Å². The first-order chi connectivity index (χ1) is 18.3. The number of amides is 2. The van der Waals surface area contributed by atoms with Gasteiger partial charge in [0.1, 0.15) is 12.6 Å². The van der Waals surface area contributed by atoms with E-state index in [1.165, 1.54) is 17.0 Å². The van der Waals surface area contributed by atoms with Gasteiger partial charge in [-0.1, -0.05) is 76.9 Å². The molecule has 3 aromatic carbocycles. The highest BCUT2D eigenvalue weighted by Gasteiger charge is 2.34. The number of hydrogen-bond donors (Lipinski definition) is 1. The summed E-state index contributed by atoms with van der Waals surface area (Å²) in [6.45, 7) is 9.04. The molecule has 0 radical (unpaired) electrons. The van der Waals surface area contributed by atoms with Gasteiger partial charge in [0.05, 0.1) is 10.6 Å². The zero-order chi connectivity index (χ0) is 28.8. The van der Waals surface area contributed by atoms with Crippen LogP contribution >= 0.6 is 15.9 Å². The van der Waals surface area contributed by atoms with Crippen LogP contribution < -0.4 is 9.62 Å². The Labute approximate surface area is 240 Å². The summed E-state index contributed by atoms with van der Waals surface area (Å²) in [4.78, 5) is 28.9. The number of halogens is 1. The number of hydrogen-bond acceptors (Lipinski definition) is 4. The van der Waals surface area contributed by atoms with Crippen molar-refractivity contribution in [3.63, 3.8) is 0 Å². The Kier molecular flexibility index (Phi) is 9.96. The molecule has 0 aliphatic carbocycles. The third-order valence-corrected chi connectivity index (χ3v) is 8.35. The number of sulfonamides is 1. The fourth-order valence-corrected chi connectivity index (χ4v) is 5.94. The van der Waals surface area contributed by atoms with Crippen LogP contribution in [0.2, 0.25) is 0 Å². The lowest BCUT2D eigenvalue weighted by Crippen LogP contribution is -2.55. The summed E-state index contributed by atoms with van der Waals surface area (Å²) in [6, 6.07) is 21.9. The van der Waals surface area contributed by atoms with Crippen LogP contribution in [0.5, 0.6) is 0 Å². The number of aryl methyl sites for hydroxylation is 1. The molecular weight excluding hydrogens is 578 g/mol. The predicted molar refractivity (Wildman–Crippen MR) is 159 cm³/mol. The molecule has 1 N–H and O–H groups in total. The lowest BCUT2D eigenvalue weighted by atomic mass is 10.1. The zero-order valence-electron chi connectivity index (χ0n) is 23.0. The average Bonchev–Trinajstić information content (AvgIpc) is 2.86. The van der Waals surface area contributed by atoms with Gasteiger partial charge in [-0.2, -0.15) is 0 Å². The summed E-state index contributed by atoms with van der Waals surface area (Å²) in [7, 11) is -4.11. The molecule has 0 aliphatic rings. The summed E-state index contributed by atoms with van der Waals surface area (Å²) in [5.41, 5.74) is 1.60. The first-order valence-corrected chi connectivity index (χ1v) is 15.1. The SMILES string of the molecule is CC[C@H](C(=O)NC(C)(C)C)N(Cc1ccccc1)C(=O)CN(c1cccc(Br)c1)S(=O)(=O)c1ccc(C)cc1. The number of carbonyl (C=O) groups excluding carboxylic acids is 2. The molecule has 0 unspecified atom stereocenters. The lowest BCUT2D eigenvalue weighted by Gasteiger charge is -2.34. The van der Waals surface area contributed by atoms with Crippen LogP contribution in [0.15, 0.2) is 88.2 Å². The van der Waals surface area contributed by atoms with Crippen molar-refractivity contribution in [3.8, 4) is 0 Å². The summed E-state index contributed by atoms with van der Waals surface area (Å²) in [6.07, 6.45) is 0.363. The summed E-state index contributed by atoms with van der Waals surface area (Å²) in [5, 5.41) is 2.97. The van der Waals surface area contributed by atoms with E-state index in [4.69, 9.17) is 0 Å². The molecule has 9 heteroatoms. The van der Waals surface area contributed by atoms with E-state index in [1.54, 1.807) is 36.4 Å². The van der Waals surface area contributed by atoms with Crippen LogP contribution in [0.3, 0.4) is 0 Å². The molecule has 0 heterocycles. The van der Waals surface area contributed by atoms with Crippen LogP contribution in [0, 0.1) is 6.92 Å². The topological polar surface area (TPSA) is 86.8 Å². The number of nitrogens with one attached hydrogen (secondary N) is 1. The number of carbonyl (C=O) groups is 2. The molecule has 0 bridgehead atoms. The minimum absolute atomic E-state index is 0.0769. The van der Waals surface area contributed by atoms with Gasteiger partial charge in [-0.15, -0.1) is 0 Å². The van der Waals surface area contributed by atoms with Crippen LogP contribution in [0.25, 0.3) is 0 Å². The summed E-state index contributed by atoms with van der Waals surface area (Å²) >= 11 is 3.41. The van der Waals surface area contributed by atoms with Crippen molar-refractivity contribution in [2.75, 3.05) is 10.8 Å². The van der Waals surface area contributed by atoms with Crippen LogP contribution in [-0.2, 0) is 26.2 Å². The van der Waals surface area contributed by atoms with E-state index in [-0.39, 0.29) is 17.3 Å². The van der Waals surface area contributed by atoms with Crippen molar-refractivity contribution in [2.45, 2.75) is 64.1 Å². The van der Waals surface area contributed by atoms with Crippen molar-refractivity contribution in [1.29, 1.82) is 0 Å². The molecule has 0 spiro atoms. The molecule has 3 aromatic rings. The highest BCUT2D eigenvalue weighted by molar-refractivity contribution is 9.10. The zero-order valence-corrected chi connectivity index (χ0v) is 25.4. The number of rotatable bonds is 10. The molecule has 0 saturated carbocycles. The molecule has 39 heavy (non-hydrogen) atoms. The molecule has 0 aliphatic heterocycles. The third kappa shape index (κ3) is 8.16. The quantitative estimate of drug-likeness (QED) is 0.319. The Bertz CT molecular complexity index is 1390. The maximum absolute atomic E-state index is 14.0. The number of nitrogens with zero attached hydrogens (tertiary/aromatic N) is 2. The number of anilines is 1. The van der Waals surface area contributed by atoms with Gasteiger partial charge < -0.3 is 10.2 Å². The maximum Gasteiger partial charge on any atom is 0.264 e. The van der Waals surface area contributed by atoms with Gasteiger partial charge in [0.25, 0.3) is 10.0 Å². The second kappa shape index (κ2) is 12.8. The Balaban J connectivity index is 2.06. The van der Waals surface area contributed by atoms with Gasteiger partial charge in [0.2, 0.25) is 11.8 Å². The molecule has 7 nitrogen and oxygen atoms in total. The predicted octanol–water partition coefficient (Wildman–Crippen LogP) is 5.67. The first-order valence-electron chi connectivity index (χ1n) is 12.8. The van der Waals surface area contributed by atoms with Crippen LogP contribution in [0.1, 0.15) is 45.2 Å². The first kappa shape index (κ1) is 30.4. The van der Waals surface area contributed by atoms with Crippen LogP contribution in [0.4, 0.5) is 5.69 Å². The van der Waals surface area contributed by atoms with Gasteiger partial charge in [0.15, 0.2) is 0 Å². The monoisotopic (exact) mass is 613 g/mol. The van der Waals surface area contributed by atoms with E-state index in [2.05, 4.69) is 21.2 Å². The van der Waals surface area contributed by atoms with Gasteiger partial charge in [-0.3, -0.25) is 13.9 Å². The van der Waals surface area contributed by atoms with E-state index in [0.717, 1.165) is 15.4 Å². The highest BCUT2D eigenvalue weighted by atomic mass is 79.9. The molecule has 0 fully saturated rings. The molecule has 0 saturated heterocycles. The summed E-state index contributed by atoms with van der Waals surface area (Å²) in [5.74, 6) is -0.768. The molecule has 1 atom stereocenters. The molecule has 3 rings (SSSR count). The van der Waals surface area contributed by atoms with Crippen molar-refractivity contribution in [3.05, 3.63) is 94.5 Å². The average molecular weight is 615 g/mol. The van der Waals surface area contributed by atoms with Gasteiger partial charge in [0, 0.05) is 16.6 Å². The van der Waals surface area contributed by atoms with E-state index in [0.29, 0.717) is 16.6 Å². The highest BCUT2D eigenvalue weighted by Crippen LogP contribution is 2.27. The smallest absolute Gasteiger partial charge is 0.264 e. The van der Waals surface area contributed by atoms with Gasteiger partial charge >= 0.3 is 0 Å². The third-order valence-electron chi connectivity index (χ3n) is 6.06. The van der Waals surface area contributed by atoms with Crippen molar-refractivity contribution in [1.82, 2.24) is 10.2 Å². The van der Waals surface area contributed by atoms with Crippen molar-refractivity contribution >= 4 is 43.5 Å². The molecular formula is C30H36BrN3O4S. The normalized spacial score (nSPS) is 12.5. The van der Waals surface area contributed by atoms with E-state index >= 15 is 0 Å². The Morgan fingerprint density at radius 1 is 0.949 bits per heavy atom.